The summed E-state index contributed by atoms with van der Waals surface area (Å²) < 4.78 is 0. The van der Waals surface area contributed by atoms with Gasteiger partial charge in [0.15, 0.2) is 0 Å². The molecule has 2 aliphatic carbocycles. The molecule has 0 N–H and O–H groups in total. The summed E-state index contributed by atoms with van der Waals surface area (Å²) in [5.74, 6) is 0. The van der Waals surface area contributed by atoms with E-state index >= 15 is 0 Å². The van der Waals surface area contributed by atoms with Crippen LogP contribution in [0.4, 0.5) is 0 Å². The largest absolute Gasteiger partial charge is 0.256 e. The molecule has 264 valence electrons. The Labute approximate surface area is 333 Å². The van der Waals surface area contributed by atoms with Crippen LogP contribution < -0.4 is 0 Å². The van der Waals surface area contributed by atoms with E-state index in [0.717, 1.165) is 32.6 Å². The zero-order valence-corrected chi connectivity index (χ0v) is 31.2. The average molecular weight is 731 g/mol. The highest BCUT2D eigenvalue weighted by molar-refractivity contribution is 6.26. The number of pyridine rings is 2. The minimum Gasteiger partial charge on any atom is -0.256 e. The number of aromatic nitrogens is 2. The van der Waals surface area contributed by atoms with Crippen LogP contribution in [0.3, 0.4) is 0 Å². The molecule has 0 radical (unpaired) electrons. The Balaban J connectivity index is 0.980. The monoisotopic (exact) mass is 730 g/mol. The van der Waals surface area contributed by atoms with E-state index < -0.39 is 0 Å². The van der Waals surface area contributed by atoms with Crippen LogP contribution in [0.1, 0.15) is 0 Å². The lowest BCUT2D eigenvalue weighted by atomic mass is 9.89. The predicted octanol–water partition coefficient (Wildman–Crippen LogP) is 15.2. The van der Waals surface area contributed by atoms with Gasteiger partial charge in [0.05, 0.1) is 11.0 Å². The quantitative estimate of drug-likeness (QED) is 0.166. The number of hydrogen-bond donors (Lipinski definition) is 0. The number of rotatable bonds is 2. The molecule has 2 heteroatoms. The molecule has 14 rings (SSSR count). The van der Waals surface area contributed by atoms with Gasteiger partial charge in [-0.05, 0) is 158 Å². The van der Waals surface area contributed by atoms with E-state index in [0.29, 0.717) is 0 Å². The second-order valence-corrected chi connectivity index (χ2v) is 16.0. The highest BCUT2D eigenvalue weighted by Crippen LogP contribution is 2.53. The zero-order valence-electron chi connectivity index (χ0n) is 31.2. The van der Waals surface area contributed by atoms with E-state index in [1.807, 2.05) is 12.4 Å². The van der Waals surface area contributed by atoms with E-state index in [1.165, 1.54) is 110 Å². The Kier molecular flexibility index (Phi) is 5.79. The molecule has 0 fully saturated rings. The Hall–Kier alpha value is -7.68. The summed E-state index contributed by atoms with van der Waals surface area (Å²) in [6.45, 7) is 0. The fourth-order valence-electron chi connectivity index (χ4n) is 10.7. The summed E-state index contributed by atoms with van der Waals surface area (Å²) in [7, 11) is 0. The minimum atomic E-state index is 0.992. The first-order chi connectivity index (χ1) is 28.8. The van der Waals surface area contributed by atoms with Crippen LogP contribution in [-0.4, -0.2) is 9.97 Å². The molecule has 0 saturated carbocycles. The molecule has 0 saturated heterocycles. The van der Waals surface area contributed by atoms with Gasteiger partial charge in [0.2, 0.25) is 0 Å². The van der Waals surface area contributed by atoms with Crippen molar-refractivity contribution in [2.75, 3.05) is 0 Å². The fourth-order valence-corrected chi connectivity index (χ4v) is 10.7. The standard InChI is InChI=1S/C56H30N2/c1-3-11-35-31(9-1)27-49-37-21-19-33(25-47(37)41-15-5-13-39(35)53(41)49)45-29-51-52(55-43(45)17-7-23-57-55)30-46(44-18-8-24-58-56(44)51)34-20-22-38-48(26-34)42-16-6-14-40-36-12-4-2-10-32(36)28-50(38)54(40)42/h1-30H. The first-order valence-electron chi connectivity index (χ1n) is 20.1. The van der Waals surface area contributed by atoms with Gasteiger partial charge in [-0.25, -0.2) is 0 Å². The summed E-state index contributed by atoms with van der Waals surface area (Å²) in [6.07, 6.45) is 3.85. The summed E-state index contributed by atoms with van der Waals surface area (Å²) in [6, 6.07) is 63.2. The van der Waals surface area contributed by atoms with Crippen molar-refractivity contribution in [3.8, 4) is 66.8 Å². The zero-order chi connectivity index (χ0) is 37.6. The van der Waals surface area contributed by atoms with Crippen LogP contribution in [0.5, 0.6) is 0 Å². The number of benzene rings is 10. The fraction of sp³-hybridized carbons (Fsp3) is 0. The van der Waals surface area contributed by atoms with Gasteiger partial charge in [-0.15, -0.1) is 0 Å². The molecule has 2 heterocycles. The maximum Gasteiger partial charge on any atom is 0.0787 e. The van der Waals surface area contributed by atoms with E-state index in [4.69, 9.17) is 9.97 Å². The summed E-state index contributed by atoms with van der Waals surface area (Å²) in [5.41, 5.74) is 17.1. The van der Waals surface area contributed by atoms with Gasteiger partial charge < -0.3 is 0 Å². The van der Waals surface area contributed by atoms with Crippen LogP contribution in [0, 0.1) is 0 Å². The van der Waals surface area contributed by atoms with Gasteiger partial charge in [0.1, 0.15) is 0 Å². The van der Waals surface area contributed by atoms with Crippen molar-refractivity contribution in [3.63, 3.8) is 0 Å². The van der Waals surface area contributed by atoms with Crippen LogP contribution >= 0.6 is 0 Å². The predicted molar refractivity (Wildman–Crippen MR) is 244 cm³/mol. The molecular weight excluding hydrogens is 701 g/mol. The molecule has 10 aromatic carbocycles. The number of nitrogens with zero attached hydrogens (tertiary/aromatic N) is 2. The van der Waals surface area contributed by atoms with Crippen molar-refractivity contribution in [2.45, 2.75) is 0 Å². The highest BCUT2D eigenvalue weighted by Gasteiger charge is 2.26. The molecule has 0 bridgehead atoms. The Morgan fingerprint density at radius 3 is 1.19 bits per heavy atom. The molecule has 2 nitrogen and oxygen atoms in total. The molecule has 0 unspecified atom stereocenters. The Morgan fingerprint density at radius 2 is 0.690 bits per heavy atom. The van der Waals surface area contributed by atoms with Gasteiger partial charge in [-0.3, -0.25) is 9.97 Å². The first-order valence-corrected chi connectivity index (χ1v) is 20.1. The van der Waals surface area contributed by atoms with Gasteiger partial charge >= 0.3 is 0 Å². The first kappa shape index (κ1) is 30.5. The molecule has 2 aliphatic rings. The lowest BCUT2D eigenvalue weighted by Gasteiger charge is -2.16. The smallest absolute Gasteiger partial charge is 0.0787 e. The molecule has 0 aliphatic heterocycles. The molecule has 0 amide bonds. The van der Waals surface area contributed by atoms with Crippen molar-refractivity contribution in [1.82, 2.24) is 9.97 Å². The lowest BCUT2D eigenvalue weighted by Crippen LogP contribution is -1.92. The van der Waals surface area contributed by atoms with Crippen molar-refractivity contribution >= 4 is 75.7 Å². The second-order valence-electron chi connectivity index (χ2n) is 16.0. The molecule has 58 heavy (non-hydrogen) atoms. The molecule has 12 aromatic rings. The summed E-state index contributed by atoms with van der Waals surface area (Å²) >= 11 is 0. The molecule has 0 spiro atoms. The third-order valence-corrected chi connectivity index (χ3v) is 13.2. The van der Waals surface area contributed by atoms with Gasteiger partial charge in [-0.1, -0.05) is 121 Å². The van der Waals surface area contributed by atoms with E-state index in [-0.39, 0.29) is 0 Å². The van der Waals surface area contributed by atoms with Crippen molar-refractivity contribution in [2.24, 2.45) is 0 Å². The SMILES string of the molecule is c1ccc2c(c1)cc1c3c(cccc32)-c2cc(-c3cc4c(cc(-c5ccc6c(c5)-c5cccc7c5c-6cc5ccccc57)c5cccnc54)c4ncccc34)ccc2-1. The van der Waals surface area contributed by atoms with Gasteiger partial charge in [0, 0.05) is 33.9 Å². The lowest BCUT2D eigenvalue weighted by molar-refractivity contribution is 1.41. The van der Waals surface area contributed by atoms with Crippen LogP contribution in [0.25, 0.3) is 142 Å². The molecule has 0 atom stereocenters. The third kappa shape index (κ3) is 3.91. The summed E-state index contributed by atoms with van der Waals surface area (Å²) in [4.78, 5) is 10.2. The van der Waals surface area contributed by atoms with Crippen molar-refractivity contribution in [1.29, 1.82) is 0 Å². The molecular formula is C56H30N2. The van der Waals surface area contributed by atoms with Gasteiger partial charge in [0.25, 0.3) is 0 Å². The van der Waals surface area contributed by atoms with Crippen molar-refractivity contribution < 1.29 is 0 Å². The van der Waals surface area contributed by atoms with Crippen LogP contribution in [-0.2, 0) is 0 Å². The minimum absolute atomic E-state index is 0.992. The maximum absolute atomic E-state index is 5.11. The van der Waals surface area contributed by atoms with Gasteiger partial charge in [-0.2, -0.15) is 0 Å². The van der Waals surface area contributed by atoms with E-state index in [9.17, 15) is 0 Å². The maximum atomic E-state index is 5.11. The number of fused-ring (bicyclic) bond motifs is 15. The van der Waals surface area contributed by atoms with E-state index in [1.54, 1.807) is 0 Å². The van der Waals surface area contributed by atoms with Crippen molar-refractivity contribution in [3.05, 3.63) is 182 Å². The Morgan fingerprint density at radius 1 is 0.241 bits per heavy atom. The third-order valence-electron chi connectivity index (χ3n) is 13.2. The Bertz CT molecular complexity index is 3600. The topological polar surface area (TPSA) is 25.8 Å². The van der Waals surface area contributed by atoms with E-state index in [2.05, 4.69) is 170 Å². The summed E-state index contributed by atoms with van der Waals surface area (Å²) in [5, 5.41) is 15.0. The average Bonchev–Trinajstić information content (AvgIpc) is 3.78. The highest BCUT2D eigenvalue weighted by atomic mass is 14.7. The van der Waals surface area contributed by atoms with Crippen LogP contribution in [0.15, 0.2) is 182 Å². The molecule has 2 aromatic heterocycles. The second kappa shape index (κ2) is 11.0. The number of hydrogen-bond acceptors (Lipinski definition) is 2. The normalized spacial score (nSPS) is 12.5. The van der Waals surface area contributed by atoms with Crippen LogP contribution in [0.2, 0.25) is 0 Å².